The number of carbonyl (C=O) groups is 1. The third kappa shape index (κ3) is 1.64. The molecule has 4 aliphatic carbocycles. The van der Waals surface area contributed by atoms with Gasteiger partial charge in [-0.2, -0.15) is 0 Å². The molecule has 1 heteroatoms. The molecule has 0 aliphatic heterocycles. The van der Waals surface area contributed by atoms with E-state index >= 15 is 0 Å². The minimum Gasteiger partial charge on any atom is -0.295 e. The Hall–Kier alpha value is -0.850. The molecule has 4 aliphatic rings. The molecule has 0 saturated heterocycles. The Bertz CT molecular complexity index is 500. The van der Waals surface area contributed by atoms with Crippen molar-refractivity contribution in [3.8, 4) is 0 Å². The third-order valence-corrected chi connectivity index (χ3v) is 7.34. The molecule has 2 saturated carbocycles. The zero-order valence-corrected chi connectivity index (χ0v) is 12.8. The van der Waals surface area contributed by atoms with Gasteiger partial charge in [-0.1, -0.05) is 26.0 Å². The van der Waals surface area contributed by atoms with Crippen molar-refractivity contribution in [2.75, 3.05) is 0 Å². The van der Waals surface area contributed by atoms with Crippen LogP contribution in [-0.2, 0) is 4.79 Å². The molecule has 4 rings (SSSR count). The van der Waals surface area contributed by atoms with Gasteiger partial charge in [0, 0.05) is 6.42 Å². The highest BCUT2D eigenvalue weighted by Crippen LogP contribution is 2.62. The monoisotopic (exact) mass is 270 g/mol. The maximum atomic E-state index is 11.6. The summed E-state index contributed by atoms with van der Waals surface area (Å²) in [6.07, 6.45) is 14.2. The van der Waals surface area contributed by atoms with Gasteiger partial charge in [0.15, 0.2) is 5.78 Å². The lowest BCUT2D eigenvalue weighted by atomic mass is 9.53. The fourth-order valence-corrected chi connectivity index (χ4v) is 5.92. The fraction of sp³-hybridized carbons (Fsp3) is 0.737. The van der Waals surface area contributed by atoms with E-state index in [9.17, 15) is 4.79 Å². The lowest BCUT2D eigenvalue weighted by Crippen LogP contribution is -2.44. The van der Waals surface area contributed by atoms with Gasteiger partial charge in [-0.05, 0) is 78.8 Å². The van der Waals surface area contributed by atoms with Gasteiger partial charge in [-0.3, -0.25) is 4.79 Å². The number of rotatable bonds is 0. The predicted molar refractivity (Wildman–Crippen MR) is 81.2 cm³/mol. The smallest absolute Gasteiger partial charge is 0.155 e. The lowest BCUT2D eigenvalue weighted by molar-refractivity contribution is -0.115. The Morgan fingerprint density at radius 3 is 2.90 bits per heavy atom. The second-order valence-electron chi connectivity index (χ2n) is 7.99. The molecule has 0 bridgehead atoms. The van der Waals surface area contributed by atoms with Crippen LogP contribution in [-0.4, -0.2) is 5.78 Å². The maximum absolute atomic E-state index is 11.6. The van der Waals surface area contributed by atoms with Crippen LogP contribution in [0, 0.1) is 35.0 Å². The summed E-state index contributed by atoms with van der Waals surface area (Å²) in [4.78, 5) is 11.6. The van der Waals surface area contributed by atoms with E-state index in [1.807, 2.05) is 6.08 Å². The zero-order valence-electron chi connectivity index (χ0n) is 12.8. The van der Waals surface area contributed by atoms with E-state index in [2.05, 4.69) is 26.0 Å². The second-order valence-corrected chi connectivity index (χ2v) is 7.99. The zero-order chi connectivity index (χ0) is 13.9. The van der Waals surface area contributed by atoms with Crippen molar-refractivity contribution in [1.29, 1.82) is 0 Å². The summed E-state index contributed by atoms with van der Waals surface area (Å²) in [5.74, 6) is 4.42. The molecule has 0 aromatic carbocycles. The Kier molecular flexibility index (Phi) is 2.78. The summed E-state index contributed by atoms with van der Waals surface area (Å²) in [6, 6.07) is 0. The molecule has 2 fully saturated rings. The van der Waals surface area contributed by atoms with Crippen LogP contribution in [0.15, 0.2) is 23.8 Å². The van der Waals surface area contributed by atoms with Crippen LogP contribution in [0.5, 0.6) is 0 Å². The van der Waals surface area contributed by atoms with Crippen LogP contribution in [0.25, 0.3) is 0 Å². The molecule has 6 unspecified atom stereocenters. The average molecular weight is 270 g/mol. The van der Waals surface area contributed by atoms with Crippen molar-refractivity contribution in [2.24, 2.45) is 35.0 Å². The maximum Gasteiger partial charge on any atom is 0.155 e. The second kappa shape index (κ2) is 4.32. The van der Waals surface area contributed by atoms with Crippen LogP contribution in [0.4, 0.5) is 0 Å². The summed E-state index contributed by atoms with van der Waals surface area (Å²) in [7, 11) is 0. The number of fused-ring (bicyclic) bond motifs is 5. The van der Waals surface area contributed by atoms with Gasteiger partial charge in [-0.15, -0.1) is 0 Å². The minimum atomic E-state index is 0.342. The first-order valence-electron chi connectivity index (χ1n) is 8.52. The molecule has 0 spiro atoms. The highest BCUT2D eigenvalue weighted by molar-refractivity contribution is 5.91. The largest absolute Gasteiger partial charge is 0.295 e. The SMILES string of the molecule is CC1CCC2C3C=CC4=CC(=O)CCC4C3CCC12C. The van der Waals surface area contributed by atoms with Gasteiger partial charge < -0.3 is 0 Å². The van der Waals surface area contributed by atoms with Gasteiger partial charge in [-0.25, -0.2) is 0 Å². The normalized spacial score (nSPS) is 50.2. The van der Waals surface area contributed by atoms with Crippen LogP contribution in [0.1, 0.15) is 52.4 Å². The molecule has 20 heavy (non-hydrogen) atoms. The first-order chi connectivity index (χ1) is 9.59. The molecular weight excluding hydrogens is 244 g/mol. The van der Waals surface area contributed by atoms with E-state index in [-0.39, 0.29) is 0 Å². The number of hydrogen-bond acceptors (Lipinski definition) is 1. The molecule has 0 heterocycles. The highest BCUT2D eigenvalue weighted by Gasteiger charge is 2.53. The van der Waals surface area contributed by atoms with Crippen molar-refractivity contribution >= 4 is 5.78 Å². The van der Waals surface area contributed by atoms with E-state index in [1.54, 1.807) is 0 Å². The Labute approximate surface area is 122 Å². The Balaban J connectivity index is 1.69. The van der Waals surface area contributed by atoms with Gasteiger partial charge in [0.05, 0.1) is 0 Å². The molecule has 6 atom stereocenters. The van der Waals surface area contributed by atoms with Gasteiger partial charge >= 0.3 is 0 Å². The molecular formula is C19H26O. The quantitative estimate of drug-likeness (QED) is 0.631. The molecule has 1 nitrogen and oxygen atoms in total. The van der Waals surface area contributed by atoms with Gasteiger partial charge in [0.2, 0.25) is 0 Å². The van der Waals surface area contributed by atoms with Crippen molar-refractivity contribution in [3.05, 3.63) is 23.8 Å². The van der Waals surface area contributed by atoms with Crippen LogP contribution in [0.2, 0.25) is 0 Å². The van der Waals surface area contributed by atoms with E-state index in [1.165, 1.54) is 31.3 Å². The Morgan fingerprint density at radius 1 is 1.20 bits per heavy atom. The lowest BCUT2D eigenvalue weighted by Gasteiger charge is -2.51. The van der Waals surface area contributed by atoms with Gasteiger partial charge in [0.1, 0.15) is 0 Å². The molecule has 0 amide bonds. The van der Waals surface area contributed by atoms with Crippen LogP contribution in [0.3, 0.4) is 0 Å². The van der Waals surface area contributed by atoms with Gasteiger partial charge in [0.25, 0.3) is 0 Å². The first kappa shape index (κ1) is 12.9. The summed E-state index contributed by atoms with van der Waals surface area (Å²) in [5.41, 5.74) is 1.93. The minimum absolute atomic E-state index is 0.342. The standard InChI is InChI=1S/C19H26O/c1-12-3-8-18-17-6-4-13-11-14(20)5-7-15(13)16(17)9-10-19(12,18)2/h4,6,11-12,15-18H,3,5,7-10H2,1-2H3. The summed E-state index contributed by atoms with van der Waals surface area (Å²) in [5, 5.41) is 0. The van der Waals surface area contributed by atoms with E-state index in [0.29, 0.717) is 17.1 Å². The Morgan fingerprint density at radius 2 is 2.05 bits per heavy atom. The first-order valence-corrected chi connectivity index (χ1v) is 8.52. The number of carbonyl (C=O) groups excluding carboxylic acids is 1. The highest BCUT2D eigenvalue weighted by atomic mass is 16.1. The topological polar surface area (TPSA) is 17.1 Å². The van der Waals surface area contributed by atoms with Crippen LogP contribution < -0.4 is 0 Å². The van der Waals surface area contributed by atoms with Crippen molar-refractivity contribution < 1.29 is 4.79 Å². The average Bonchev–Trinajstić information content (AvgIpc) is 2.74. The fourth-order valence-electron chi connectivity index (χ4n) is 5.92. The molecule has 0 radical (unpaired) electrons. The molecule has 108 valence electrons. The summed E-state index contributed by atoms with van der Waals surface area (Å²) < 4.78 is 0. The van der Waals surface area contributed by atoms with Crippen molar-refractivity contribution in [2.45, 2.75) is 52.4 Å². The predicted octanol–water partition coefficient (Wildman–Crippen LogP) is 4.54. The van der Waals surface area contributed by atoms with E-state index < -0.39 is 0 Å². The third-order valence-electron chi connectivity index (χ3n) is 7.34. The molecule has 0 aromatic rings. The molecule has 0 aromatic heterocycles. The van der Waals surface area contributed by atoms with Crippen molar-refractivity contribution in [3.63, 3.8) is 0 Å². The number of ketones is 1. The van der Waals surface area contributed by atoms with E-state index in [4.69, 9.17) is 0 Å². The molecule has 0 N–H and O–H groups in total. The summed E-state index contributed by atoms with van der Waals surface area (Å²) >= 11 is 0. The van der Waals surface area contributed by atoms with Crippen molar-refractivity contribution in [1.82, 2.24) is 0 Å². The van der Waals surface area contributed by atoms with Crippen LogP contribution >= 0.6 is 0 Å². The summed E-state index contributed by atoms with van der Waals surface area (Å²) in [6.45, 7) is 5.02. The number of hydrogen-bond donors (Lipinski definition) is 0. The number of allylic oxidation sites excluding steroid dienone is 4. The van der Waals surface area contributed by atoms with E-state index in [0.717, 1.165) is 36.5 Å².